The van der Waals surface area contributed by atoms with Gasteiger partial charge in [-0.2, -0.15) is 0 Å². The lowest BCUT2D eigenvalue weighted by Crippen LogP contribution is -2.37. The fourth-order valence-electron chi connectivity index (χ4n) is 2.16. The van der Waals surface area contributed by atoms with Crippen LogP contribution in [0.5, 0.6) is 5.88 Å². The van der Waals surface area contributed by atoms with Crippen molar-refractivity contribution < 1.29 is 14.2 Å². The number of nitrogens with one attached hydrogen (secondary N) is 2. The summed E-state index contributed by atoms with van der Waals surface area (Å²) in [5, 5.41) is 6.57. The van der Waals surface area contributed by atoms with Crippen LogP contribution < -0.4 is 15.4 Å². The molecule has 0 saturated heterocycles. The van der Waals surface area contributed by atoms with Crippen molar-refractivity contribution in [3.63, 3.8) is 0 Å². The van der Waals surface area contributed by atoms with Gasteiger partial charge in [-0.05, 0) is 36.8 Å². The molecule has 148 valence electrons. The predicted octanol–water partition coefficient (Wildman–Crippen LogP) is 2.21. The molecule has 0 aromatic carbocycles. The maximum Gasteiger partial charge on any atom is 0.213 e. The lowest BCUT2D eigenvalue weighted by atomic mass is 10.2. The third kappa shape index (κ3) is 10.1. The maximum atomic E-state index is 5.72. The SMILES string of the molecule is CN=C(NCCCOCCOC)NCc1ccnc(OCC2CC2)c1.I. The normalized spacial score (nSPS) is 13.8. The van der Waals surface area contributed by atoms with E-state index in [1.807, 2.05) is 12.1 Å². The van der Waals surface area contributed by atoms with Crippen LogP contribution in [0.25, 0.3) is 0 Å². The van der Waals surface area contributed by atoms with Crippen LogP contribution in [0.15, 0.2) is 23.3 Å². The predicted molar refractivity (Wildman–Crippen MR) is 113 cm³/mol. The zero-order valence-electron chi connectivity index (χ0n) is 15.7. The van der Waals surface area contributed by atoms with Crippen molar-refractivity contribution in [1.29, 1.82) is 0 Å². The Kier molecular flexibility index (Phi) is 12.3. The first kappa shape index (κ1) is 22.9. The van der Waals surface area contributed by atoms with Crippen molar-refractivity contribution in [2.45, 2.75) is 25.8 Å². The molecule has 8 heteroatoms. The molecule has 7 nitrogen and oxygen atoms in total. The average molecular weight is 478 g/mol. The Bertz CT molecular complexity index is 527. The number of guanidine groups is 1. The summed E-state index contributed by atoms with van der Waals surface area (Å²) in [6, 6.07) is 3.96. The number of aliphatic imine (C=N–C) groups is 1. The second kappa shape index (κ2) is 14.0. The zero-order valence-corrected chi connectivity index (χ0v) is 18.0. The van der Waals surface area contributed by atoms with Gasteiger partial charge in [0, 0.05) is 46.1 Å². The highest BCUT2D eigenvalue weighted by Crippen LogP contribution is 2.29. The van der Waals surface area contributed by atoms with Gasteiger partial charge >= 0.3 is 0 Å². The van der Waals surface area contributed by atoms with Crippen LogP contribution in [-0.2, 0) is 16.0 Å². The molecule has 0 atom stereocenters. The van der Waals surface area contributed by atoms with Gasteiger partial charge in [0.25, 0.3) is 0 Å². The topological polar surface area (TPSA) is 77.0 Å². The first-order valence-corrected chi connectivity index (χ1v) is 8.90. The lowest BCUT2D eigenvalue weighted by molar-refractivity contribution is 0.0698. The van der Waals surface area contributed by atoms with Crippen molar-refractivity contribution in [2.24, 2.45) is 10.9 Å². The molecule has 0 amide bonds. The lowest BCUT2D eigenvalue weighted by Gasteiger charge is -2.12. The Morgan fingerprint density at radius 3 is 2.85 bits per heavy atom. The molecule has 0 bridgehead atoms. The average Bonchev–Trinajstić information content (AvgIpc) is 3.46. The summed E-state index contributed by atoms with van der Waals surface area (Å²) in [5.41, 5.74) is 1.12. The third-order valence-electron chi connectivity index (χ3n) is 3.84. The Labute approximate surface area is 173 Å². The molecule has 0 aliphatic heterocycles. The first-order valence-electron chi connectivity index (χ1n) is 8.90. The minimum absolute atomic E-state index is 0. The van der Waals surface area contributed by atoms with Gasteiger partial charge in [0.15, 0.2) is 5.96 Å². The standard InChI is InChI=1S/C18H30N4O3.HI/c1-19-18(21-7-3-9-24-11-10-23-2)22-13-16-6-8-20-17(12-16)25-14-15-4-5-15;/h6,8,12,15H,3-5,7,9-11,13-14H2,1-2H3,(H2,19,21,22);1H. The van der Waals surface area contributed by atoms with E-state index >= 15 is 0 Å². The molecular formula is C18H31IN4O3. The van der Waals surface area contributed by atoms with Gasteiger partial charge in [-0.1, -0.05) is 0 Å². The second-order valence-corrected chi connectivity index (χ2v) is 6.07. The fraction of sp³-hybridized carbons (Fsp3) is 0.667. The summed E-state index contributed by atoms with van der Waals surface area (Å²) in [5.74, 6) is 2.20. The van der Waals surface area contributed by atoms with Gasteiger partial charge in [-0.25, -0.2) is 4.98 Å². The molecule has 2 N–H and O–H groups in total. The van der Waals surface area contributed by atoms with E-state index in [0.717, 1.165) is 37.0 Å². The minimum atomic E-state index is 0. The minimum Gasteiger partial charge on any atom is -0.477 e. The summed E-state index contributed by atoms with van der Waals surface area (Å²) in [6.07, 6.45) is 5.26. The zero-order chi connectivity index (χ0) is 17.7. The molecule has 1 heterocycles. The number of methoxy groups -OCH3 is 1. The van der Waals surface area contributed by atoms with Gasteiger partial charge in [-0.3, -0.25) is 4.99 Å². The Hall–Kier alpha value is -1.13. The van der Waals surface area contributed by atoms with E-state index in [1.54, 1.807) is 20.4 Å². The number of halogens is 1. The number of hydrogen-bond donors (Lipinski definition) is 2. The number of ether oxygens (including phenoxy) is 3. The number of aromatic nitrogens is 1. The summed E-state index contributed by atoms with van der Waals surface area (Å²) >= 11 is 0. The van der Waals surface area contributed by atoms with Crippen LogP contribution in [0.4, 0.5) is 0 Å². The number of pyridine rings is 1. The first-order chi connectivity index (χ1) is 12.3. The molecule has 1 aliphatic rings. The van der Waals surface area contributed by atoms with Gasteiger partial charge in [0.2, 0.25) is 5.88 Å². The van der Waals surface area contributed by atoms with Crippen LogP contribution in [0.3, 0.4) is 0 Å². The molecule has 1 saturated carbocycles. The summed E-state index contributed by atoms with van der Waals surface area (Å²) in [6.45, 7) is 4.23. The molecule has 26 heavy (non-hydrogen) atoms. The van der Waals surface area contributed by atoms with Gasteiger partial charge < -0.3 is 24.8 Å². The molecule has 0 spiro atoms. The van der Waals surface area contributed by atoms with Crippen LogP contribution in [0.2, 0.25) is 0 Å². The largest absolute Gasteiger partial charge is 0.477 e. The Morgan fingerprint density at radius 2 is 2.12 bits per heavy atom. The quantitative estimate of drug-likeness (QED) is 0.208. The maximum absolute atomic E-state index is 5.72. The summed E-state index contributed by atoms with van der Waals surface area (Å²) in [4.78, 5) is 8.49. The van der Waals surface area contributed by atoms with Crippen LogP contribution in [0.1, 0.15) is 24.8 Å². The van der Waals surface area contributed by atoms with Gasteiger partial charge in [0.05, 0.1) is 19.8 Å². The van der Waals surface area contributed by atoms with Gasteiger partial charge in [0.1, 0.15) is 0 Å². The Balaban J connectivity index is 0.00000338. The van der Waals surface area contributed by atoms with E-state index in [9.17, 15) is 0 Å². The van der Waals surface area contributed by atoms with Crippen molar-refractivity contribution in [3.8, 4) is 5.88 Å². The Morgan fingerprint density at radius 1 is 1.27 bits per heavy atom. The van der Waals surface area contributed by atoms with Crippen LogP contribution >= 0.6 is 24.0 Å². The number of hydrogen-bond acceptors (Lipinski definition) is 5. The van der Waals surface area contributed by atoms with Crippen LogP contribution in [-0.4, -0.2) is 58.1 Å². The molecular weight excluding hydrogens is 447 g/mol. The highest BCUT2D eigenvalue weighted by atomic mass is 127. The number of rotatable bonds is 12. The van der Waals surface area contributed by atoms with Gasteiger partial charge in [-0.15, -0.1) is 24.0 Å². The molecule has 1 aromatic rings. The summed E-state index contributed by atoms with van der Waals surface area (Å²) in [7, 11) is 3.44. The molecule has 0 unspecified atom stereocenters. The van der Waals surface area contributed by atoms with E-state index < -0.39 is 0 Å². The molecule has 1 fully saturated rings. The van der Waals surface area contributed by atoms with E-state index in [4.69, 9.17) is 14.2 Å². The van der Waals surface area contributed by atoms with E-state index in [1.165, 1.54) is 12.8 Å². The van der Waals surface area contributed by atoms with Crippen molar-refractivity contribution in [2.75, 3.05) is 47.1 Å². The smallest absolute Gasteiger partial charge is 0.213 e. The fourth-order valence-corrected chi connectivity index (χ4v) is 2.16. The van der Waals surface area contributed by atoms with Crippen molar-refractivity contribution >= 4 is 29.9 Å². The highest BCUT2D eigenvalue weighted by Gasteiger charge is 2.22. The second-order valence-electron chi connectivity index (χ2n) is 6.07. The van der Waals surface area contributed by atoms with Crippen LogP contribution in [0, 0.1) is 5.92 Å². The van der Waals surface area contributed by atoms with E-state index in [2.05, 4.69) is 20.6 Å². The highest BCUT2D eigenvalue weighted by molar-refractivity contribution is 14.0. The van der Waals surface area contributed by atoms with Crippen molar-refractivity contribution in [1.82, 2.24) is 15.6 Å². The van der Waals surface area contributed by atoms with E-state index in [0.29, 0.717) is 32.2 Å². The van der Waals surface area contributed by atoms with Crippen molar-refractivity contribution in [3.05, 3.63) is 23.9 Å². The molecule has 2 rings (SSSR count). The third-order valence-corrected chi connectivity index (χ3v) is 3.84. The molecule has 1 aliphatic carbocycles. The number of nitrogens with zero attached hydrogens (tertiary/aromatic N) is 2. The molecule has 0 radical (unpaired) electrons. The summed E-state index contributed by atoms with van der Waals surface area (Å²) < 4.78 is 16.1. The monoisotopic (exact) mass is 478 g/mol. The molecule has 1 aromatic heterocycles. The van der Waals surface area contributed by atoms with E-state index in [-0.39, 0.29) is 24.0 Å².